The van der Waals surface area contributed by atoms with E-state index in [9.17, 15) is 4.79 Å². The molecule has 0 aliphatic rings. The normalized spacial score (nSPS) is 10.6. The van der Waals surface area contributed by atoms with Gasteiger partial charge >= 0.3 is 0 Å². The van der Waals surface area contributed by atoms with Gasteiger partial charge in [0.1, 0.15) is 0 Å². The zero-order valence-electron chi connectivity index (χ0n) is 10.8. The van der Waals surface area contributed by atoms with Crippen LogP contribution in [-0.2, 0) is 4.79 Å². The van der Waals surface area contributed by atoms with Crippen LogP contribution in [0.2, 0.25) is 0 Å². The second-order valence-corrected chi connectivity index (χ2v) is 4.84. The summed E-state index contributed by atoms with van der Waals surface area (Å²) < 4.78 is 0. The molecule has 0 unspecified atom stereocenters. The minimum absolute atomic E-state index is 0. The second kappa shape index (κ2) is 6.03. The molecule has 0 bridgehead atoms. The van der Waals surface area contributed by atoms with Gasteiger partial charge in [0.2, 0.25) is 5.91 Å². The van der Waals surface area contributed by atoms with Crippen LogP contribution in [0.1, 0.15) is 25.0 Å². The third-order valence-electron chi connectivity index (χ3n) is 2.89. The Morgan fingerprint density at radius 1 is 1.29 bits per heavy atom. The van der Waals surface area contributed by atoms with Crippen molar-refractivity contribution in [2.24, 2.45) is 11.1 Å². The average molecular weight is 257 g/mol. The van der Waals surface area contributed by atoms with E-state index in [1.165, 1.54) is 11.1 Å². The highest BCUT2D eigenvalue weighted by molar-refractivity contribution is 5.95. The van der Waals surface area contributed by atoms with Gasteiger partial charge in [-0.1, -0.05) is 6.07 Å². The Balaban J connectivity index is 0.00000256. The van der Waals surface area contributed by atoms with Gasteiger partial charge in [0.05, 0.1) is 5.41 Å². The number of carbonyl (C=O) groups excluding carboxylic acids is 1. The molecular weight excluding hydrogens is 236 g/mol. The number of aryl methyl sites for hydroxylation is 2. The standard InChI is InChI=1S/C13H20N2O.ClH/c1-9-5-6-11(7-10(9)2)15-12(16)13(3,4)8-14;/h5-7H,8,14H2,1-4H3,(H,15,16);1H. The average Bonchev–Trinajstić information content (AvgIpc) is 2.23. The summed E-state index contributed by atoms with van der Waals surface area (Å²) in [6.07, 6.45) is 0. The van der Waals surface area contributed by atoms with Crippen LogP contribution in [0.15, 0.2) is 18.2 Å². The van der Waals surface area contributed by atoms with Crippen LogP contribution in [0.25, 0.3) is 0 Å². The molecule has 1 aromatic rings. The van der Waals surface area contributed by atoms with Crippen molar-refractivity contribution in [2.75, 3.05) is 11.9 Å². The lowest BCUT2D eigenvalue weighted by Crippen LogP contribution is -2.37. The molecular formula is C13H21ClN2O. The van der Waals surface area contributed by atoms with Crippen molar-refractivity contribution in [3.8, 4) is 0 Å². The number of hydrogen-bond acceptors (Lipinski definition) is 2. The molecule has 4 heteroatoms. The lowest BCUT2D eigenvalue weighted by Gasteiger charge is -2.21. The predicted octanol–water partition coefficient (Wildman–Crippen LogP) is 2.65. The highest BCUT2D eigenvalue weighted by Gasteiger charge is 2.25. The van der Waals surface area contributed by atoms with Crippen molar-refractivity contribution in [3.05, 3.63) is 29.3 Å². The Bertz CT molecular complexity index is 402. The summed E-state index contributed by atoms with van der Waals surface area (Å²) in [5.41, 5.74) is 8.24. The van der Waals surface area contributed by atoms with Crippen LogP contribution in [-0.4, -0.2) is 12.5 Å². The van der Waals surface area contributed by atoms with Crippen molar-refractivity contribution >= 4 is 24.0 Å². The SMILES string of the molecule is Cc1ccc(NC(=O)C(C)(C)CN)cc1C.Cl. The zero-order valence-corrected chi connectivity index (χ0v) is 11.6. The van der Waals surface area contributed by atoms with E-state index in [2.05, 4.69) is 5.32 Å². The maximum Gasteiger partial charge on any atom is 0.231 e. The summed E-state index contributed by atoms with van der Waals surface area (Å²) in [6, 6.07) is 5.88. The highest BCUT2D eigenvalue weighted by Crippen LogP contribution is 2.19. The molecule has 1 rings (SSSR count). The quantitative estimate of drug-likeness (QED) is 0.874. The number of nitrogens with one attached hydrogen (secondary N) is 1. The number of amides is 1. The number of halogens is 1. The molecule has 1 aromatic carbocycles. The molecule has 3 N–H and O–H groups in total. The number of carbonyl (C=O) groups is 1. The minimum Gasteiger partial charge on any atom is -0.329 e. The Morgan fingerprint density at radius 3 is 2.35 bits per heavy atom. The van der Waals surface area contributed by atoms with Gasteiger partial charge in [-0.05, 0) is 51.0 Å². The van der Waals surface area contributed by atoms with Gasteiger partial charge < -0.3 is 11.1 Å². The summed E-state index contributed by atoms with van der Waals surface area (Å²) in [4.78, 5) is 11.9. The highest BCUT2D eigenvalue weighted by atomic mass is 35.5. The van der Waals surface area contributed by atoms with Crippen molar-refractivity contribution in [1.82, 2.24) is 0 Å². The van der Waals surface area contributed by atoms with Gasteiger partial charge in [-0.25, -0.2) is 0 Å². The van der Waals surface area contributed by atoms with Crippen molar-refractivity contribution in [3.63, 3.8) is 0 Å². The van der Waals surface area contributed by atoms with E-state index < -0.39 is 5.41 Å². The van der Waals surface area contributed by atoms with E-state index in [0.717, 1.165) is 5.69 Å². The summed E-state index contributed by atoms with van der Waals surface area (Å²) >= 11 is 0. The Kier molecular flexibility index (Phi) is 5.66. The van der Waals surface area contributed by atoms with E-state index in [0.29, 0.717) is 6.54 Å². The molecule has 96 valence electrons. The fraction of sp³-hybridized carbons (Fsp3) is 0.462. The van der Waals surface area contributed by atoms with E-state index in [1.807, 2.05) is 45.9 Å². The summed E-state index contributed by atoms with van der Waals surface area (Å²) in [6.45, 7) is 8.08. The third-order valence-corrected chi connectivity index (χ3v) is 2.89. The molecule has 17 heavy (non-hydrogen) atoms. The van der Waals surface area contributed by atoms with Gasteiger partial charge in [-0.2, -0.15) is 0 Å². The van der Waals surface area contributed by atoms with E-state index in [1.54, 1.807) is 0 Å². The van der Waals surface area contributed by atoms with Crippen LogP contribution >= 0.6 is 12.4 Å². The lowest BCUT2D eigenvalue weighted by atomic mass is 9.92. The van der Waals surface area contributed by atoms with Gasteiger partial charge in [0.15, 0.2) is 0 Å². The third kappa shape index (κ3) is 4.02. The Labute approximate surface area is 109 Å². The number of anilines is 1. The second-order valence-electron chi connectivity index (χ2n) is 4.84. The Hall–Kier alpha value is -1.06. The van der Waals surface area contributed by atoms with Crippen LogP contribution in [0.4, 0.5) is 5.69 Å². The molecule has 0 saturated carbocycles. The number of rotatable bonds is 3. The summed E-state index contributed by atoms with van der Waals surface area (Å²) in [7, 11) is 0. The first kappa shape index (κ1) is 15.9. The van der Waals surface area contributed by atoms with Gasteiger partial charge in [-0.3, -0.25) is 4.79 Å². The van der Waals surface area contributed by atoms with E-state index >= 15 is 0 Å². The van der Waals surface area contributed by atoms with Crippen molar-refractivity contribution in [2.45, 2.75) is 27.7 Å². The molecule has 0 fully saturated rings. The molecule has 0 heterocycles. The number of hydrogen-bond donors (Lipinski definition) is 2. The van der Waals surface area contributed by atoms with E-state index in [4.69, 9.17) is 5.73 Å². The summed E-state index contributed by atoms with van der Waals surface area (Å²) in [5.74, 6) is -0.0433. The van der Waals surface area contributed by atoms with Crippen molar-refractivity contribution in [1.29, 1.82) is 0 Å². The number of benzene rings is 1. The largest absolute Gasteiger partial charge is 0.329 e. The van der Waals surface area contributed by atoms with Crippen LogP contribution in [0.3, 0.4) is 0 Å². The van der Waals surface area contributed by atoms with Crippen LogP contribution in [0, 0.1) is 19.3 Å². The van der Waals surface area contributed by atoms with Crippen LogP contribution < -0.4 is 11.1 Å². The molecule has 0 aliphatic heterocycles. The minimum atomic E-state index is -0.529. The van der Waals surface area contributed by atoms with Crippen molar-refractivity contribution < 1.29 is 4.79 Å². The molecule has 0 radical (unpaired) electrons. The van der Waals surface area contributed by atoms with Gasteiger partial charge in [0.25, 0.3) is 0 Å². The first-order valence-electron chi connectivity index (χ1n) is 5.45. The molecule has 1 amide bonds. The molecule has 0 spiro atoms. The monoisotopic (exact) mass is 256 g/mol. The predicted molar refractivity (Wildman–Crippen MR) is 74.6 cm³/mol. The molecule has 0 saturated heterocycles. The first-order chi connectivity index (χ1) is 7.36. The van der Waals surface area contributed by atoms with Gasteiger partial charge in [-0.15, -0.1) is 12.4 Å². The molecule has 0 atom stereocenters. The maximum absolute atomic E-state index is 11.9. The van der Waals surface area contributed by atoms with Gasteiger partial charge in [0, 0.05) is 12.2 Å². The Morgan fingerprint density at radius 2 is 1.88 bits per heavy atom. The topological polar surface area (TPSA) is 55.1 Å². The zero-order chi connectivity index (χ0) is 12.3. The van der Waals surface area contributed by atoms with E-state index in [-0.39, 0.29) is 18.3 Å². The number of nitrogens with two attached hydrogens (primary N) is 1. The fourth-order valence-electron chi connectivity index (χ4n) is 1.21. The summed E-state index contributed by atoms with van der Waals surface area (Å²) in [5, 5.41) is 2.88. The van der Waals surface area contributed by atoms with Crippen LogP contribution in [0.5, 0.6) is 0 Å². The first-order valence-corrected chi connectivity index (χ1v) is 5.45. The molecule has 0 aliphatic carbocycles. The molecule has 0 aromatic heterocycles. The maximum atomic E-state index is 11.9. The lowest BCUT2D eigenvalue weighted by molar-refractivity contribution is -0.123. The molecule has 3 nitrogen and oxygen atoms in total. The fourth-order valence-corrected chi connectivity index (χ4v) is 1.21. The smallest absolute Gasteiger partial charge is 0.231 e.